The van der Waals surface area contributed by atoms with Crippen molar-refractivity contribution in [2.24, 2.45) is 0 Å². The molecule has 1 aliphatic heterocycles. The third kappa shape index (κ3) is 4.82. The van der Waals surface area contributed by atoms with E-state index >= 15 is 0 Å². The van der Waals surface area contributed by atoms with Gasteiger partial charge in [0, 0.05) is 24.2 Å². The molecule has 1 amide bonds. The third-order valence-corrected chi connectivity index (χ3v) is 8.49. The molecule has 1 saturated heterocycles. The number of para-hydroxylation sites is 1. The normalized spacial score (nSPS) is 15.5. The van der Waals surface area contributed by atoms with Gasteiger partial charge in [-0.3, -0.25) is 4.79 Å². The Balaban J connectivity index is 1.28. The number of aromatic nitrogens is 2. The van der Waals surface area contributed by atoms with E-state index in [4.69, 9.17) is 5.73 Å². The minimum absolute atomic E-state index is 0.0400. The summed E-state index contributed by atoms with van der Waals surface area (Å²) in [5.74, 6) is -2.53. The topological polar surface area (TPSA) is 126 Å². The Morgan fingerprint density at radius 1 is 1.03 bits per heavy atom. The monoisotopic (exact) mass is 538 g/mol. The second-order valence-corrected chi connectivity index (χ2v) is 11.3. The average molecular weight is 539 g/mol. The highest BCUT2D eigenvalue weighted by molar-refractivity contribution is 7.90. The summed E-state index contributed by atoms with van der Waals surface area (Å²) in [5.41, 5.74) is 5.41. The molecule has 8 nitrogen and oxygen atoms in total. The van der Waals surface area contributed by atoms with Crippen LogP contribution in [-0.4, -0.2) is 47.4 Å². The molecule has 3 N–H and O–H groups in total. The predicted molar refractivity (Wildman–Crippen MR) is 137 cm³/mol. The van der Waals surface area contributed by atoms with E-state index in [1.54, 1.807) is 36.4 Å². The van der Waals surface area contributed by atoms with E-state index in [1.165, 1.54) is 29.3 Å². The van der Waals surface area contributed by atoms with E-state index in [0.29, 0.717) is 16.6 Å². The van der Waals surface area contributed by atoms with E-state index < -0.39 is 27.1 Å². The molecule has 5 rings (SSSR count). The van der Waals surface area contributed by atoms with E-state index in [1.807, 2.05) is 0 Å². The number of hydrogen-bond acceptors (Lipinski definition) is 7. The van der Waals surface area contributed by atoms with Crippen molar-refractivity contribution in [3.05, 3.63) is 95.2 Å². The summed E-state index contributed by atoms with van der Waals surface area (Å²) >= 11 is 0. The first kappa shape index (κ1) is 25.7. The van der Waals surface area contributed by atoms with Gasteiger partial charge in [0.25, 0.3) is 5.91 Å². The Bertz CT molecular complexity index is 1640. The number of anilines is 1. The number of hydrogen-bond donors (Lipinski definition) is 2. The van der Waals surface area contributed by atoms with Crippen LogP contribution in [0.25, 0.3) is 11.0 Å². The Morgan fingerprint density at radius 2 is 1.71 bits per heavy atom. The first-order valence-electron chi connectivity index (χ1n) is 11.9. The number of carbonyl (C=O) groups is 1. The number of sulfone groups is 1. The summed E-state index contributed by atoms with van der Waals surface area (Å²) in [7, 11) is -3.78. The summed E-state index contributed by atoms with van der Waals surface area (Å²) < 4.78 is 54.2. The highest BCUT2D eigenvalue weighted by Gasteiger charge is 2.38. The van der Waals surface area contributed by atoms with Crippen LogP contribution in [-0.2, 0) is 21.2 Å². The van der Waals surface area contributed by atoms with Crippen LogP contribution >= 0.6 is 0 Å². The summed E-state index contributed by atoms with van der Waals surface area (Å²) in [4.78, 5) is 22.9. The number of benzene rings is 3. The molecule has 1 aliphatic rings. The summed E-state index contributed by atoms with van der Waals surface area (Å²) in [6.07, 6.45) is 1.40. The summed E-state index contributed by atoms with van der Waals surface area (Å²) in [5, 5.41) is 10.9. The smallest absolute Gasteiger partial charge is 0.253 e. The molecule has 3 aromatic carbocycles. The molecule has 1 fully saturated rings. The SMILES string of the molecule is Nc1cnc2c(S(=O)(=O)Cc3ccc(C(=O)N4CCC(O)(c5cccc(F)c5F)CC4)cc3)cccc2n1. The molecule has 0 radical (unpaired) electrons. The van der Waals surface area contributed by atoms with Crippen molar-refractivity contribution in [2.45, 2.75) is 29.1 Å². The van der Waals surface area contributed by atoms with Crippen LogP contribution in [0.15, 0.2) is 71.8 Å². The standard InChI is InChI=1S/C27H24F2N4O4S/c28-20-4-1-3-19(24(20)29)27(35)11-13-33(14-12-27)26(34)18-9-7-17(8-10-18)16-38(36,37)22-6-2-5-21-25(22)31-15-23(30)32-21/h1-10,15,35H,11-14,16H2,(H2,30,32). The van der Waals surface area contributed by atoms with Gasteiger partial charge >= 0.3 is 0 Å². The van der Waals surface area contributed by atoms with E-state index in [0.717, 1.165) is 6.07 Å². The molecular formula is C27H24F2N4O4S. The van der Waals surface area contributed by atoms with Crippen LogP contribution in [0, 0.1) is 11.6 Å². The summed E-state index contributed by atoms with van der Waals surface area (Å²) in [6, 6.07) is 14.6. The molecular weight excluding hydrogens is 514 g/mol. The Hall–Kier alpha value is -3.96. The second kappa shape index (κ2) is 9.73. The van der Waals surface area contributed by atoms with Crippen molar-refractivity contribution in [3.8, 4) is 0 Å². The highest BCUT2D eigenvalue weighted by Crippen LogP contribution is 2.35. The average Bonchev–Trinajstić information content (AvgIpc) is 2.90. The molecule has 11 heteroatoms. The van der Waals surface area contributed by atoms with Gasteiger partial charge in [-0.1, -0.05) is 30.3 Å². The fraction of sp³-hybridized carbons (Fsp3) is 0.222. The van der Waals surface area contributed by atoms with Crippen LogP contribution in [0.4, 0.5) is 14.6 Å². The Kier molecular flexibility index (Phi) is 6.58. The molecule has 2 heterocycles. The summed E-state index contributed by atoms with van der Waals surface area (Å²) in [6.45, 7) is 0.294. The maximum atomic E-state index is 14.2. The first-order valence-corrected chi connectivity index (χ1v) is 13.5. The number of nitrogen functional groups attached to an aromatic ring is 1. The van der Waals surface area contributed by atoms with Crippen LogP contribution < -0.4 is 5.73 Å². The number of nitrogens with two attached hydrogens (primary N) is 1. The molecule has 196 valence electrons. The van der Waals surface area contributed by atoms with Gasteiger partial charge in [0.2, 0.25) is 0 Å². The highest BCUT2D eigenvalue weighted by atomic mass is 32.2. The van der Waals surface area contributed by atoms with Gasteiger partial charge in [0.15, 0.2) is 21.5 Å². The number of nitrogens with zero attached hydrogens (tertiary/aromatic N) is 3. The number of amides is 1. The molecule has 0 bridgehead atoms. The van der Waals surface area contributed by atoms with E-state index in [-0.39, 0.29) is 59.4 Å². The van der Waals surface area contributed by atoms with Gasteiger partial charge < -0.3 is 15.7 Å². The van der Waals surface area contributed by atoms with Crippen LogP contribution in [0.2, 0.25) is 0 Å². The largest absolute Gasteiger partial charge is 0.385 e. The molecule has 38 heavy (non-hydrogen) atoms. The number of piperidine rings is 1. The molecule has 0 atom stereocenters. The van der Waals surface area contributed by atoms with Gasteiger partial charge in [0.1, 0.15) is 11.3 Å². The number of fused-ring (bicyclic) bond motifs is 1. The van der Waals surface area contributed by atoms with Crippen molar-refractivity contribution < 1.29 is 27.1 Å². The lowest BCUT2D eigenvalue weighted by Gasteiger charge is -2.38. The van der Waals surface area contributed by atoms with E-state index in [2.05, 4.69) is 9.97 Å². The molecule has 0 saturated carbocycles. The second-order valence-electron chi connectivity index (χ2n) is 9.30. The first-order chi connectivity index (χ1) is 18.1. The van der Waals surface area contributed by atoms with Crippen molar-refractivity contribution in [3.63, 3.8) is 0 Å². The number of likely N-dealkylation sites (tertiary alicyclic amines) is 1. The zero-order valence-corrected chi connectivity index (χ0v) is 21.0. The zero-order valence-electron chi connectivity index (χ0n) is 20.1. The lowest BCUT2D eigenvalue weighted by Crippen LogP contribution is -2.45. The third-order valence-electron chi connectivity index (χ3n) is 6.78. The lowest BCUT2D eigenvalue weighted by molar-refractivity contribution is -0.0240. The van der Waals surface area contributed by atoms with Gasteiger partial charge in [0.05, 0.1) is 28.0 Å². The maximum Gasteiger partial charge on any atom is 0.253 e. The van der Waals surface area contributed by atoms with Gasteiger partial charge in [-0.25, -0.2) is 27.2 Å². The van der Waals surface area contributed by atoms with E-state index in [9.17, 15) is 27.1 Å². The van der Waals surface area contributed by atoms with Gasteiger partial charge in [-0.2, -0.15) is 0 Å². The van der Waals surface area contributed by atoms with Crippen molar-refractivity contribution >= 4 is 32.6 Å². The molecule has 1 aromatic heterocycles. The van der Waals surface area contributed by atoms with Crippen LogP contribution in [0.5, 0.6) is 0 Å². The fourth-order valence-corrected chi connectivity index (χ4v) is 6.24. The lowest BCUT2D eigenvalue weighted by atomic mass is 9.84. The number of aliphatic hydroxyl groups is 1. The fourth-order valence-electron chi connectivity index (χ4n) is 4.72. The molecule has 4 aromatic rings. The maximum absolute atomic E-state index is 14.2. The van der Waals surface area contributed by atoms with Gasteiger partial charge in [-0.15, -0.1) is 0 Å². The number of carbonyl (C=O) groups excluding carboxylic acids is 1. The minimum atomic E-state index is -3.78. The Labute approximate surface area is 217 Å². The van der Waals surface area contributed by atoms with Crippen molar-refractivity contribution in [2.75, 3.05) is 18.8 Å². The Morgan fingerprint density at radius 3 is 2.42 bits per heavy atom. The number of rotatable bonds is 5. The number of halogens is 2. The van der Waals surface area contributed by atoms with Crippen LogP contribution in [0.3, 0.4) is 0 Å². The molecule has 0 unspecified atom stereocenters. The quantitative estimate of drug-likeness (QED) is 0.398. The minimum Gasteiger partial charge on any atom is -0.385 e. The zero-order chi connectivity index (χ0) is 27.1. The molecule has 0 spiro atoms. The van der Waals surface area contributed by atoms with Crippen molar-refractivity contribution in [1.82, 2.24) is 14.9 Å². The molecule has 0 aliphatic carbocycles. The van der Waals surface area contributed by atoms with Crippen molar-refractivity contribution in [1.29, 1.82) is 0 Å². The predicted octanol–water partition coefficient (Wildman–Crippen LogP) is 3.59. The van der Waals surface area contributed by atoms with Crippen LogP contribution in [0.1, 0.15) is 34.3 Å². The van der Waals surface area contributed by atoms with Gasteiger partial charge in [-0.05, 0) is 48.7 Å².